The molecule has 1 aromatic rings. The molecule has 5 N–H and O–H groups in total. The first-order valence-corrected chi connectivity index (χ1v) is 6.72. The minimum atomic E-state index is -0.534. The molecule has 0 radical (unpaired) electrons. The van der Waals surface area contributed by atoms with Crippen molar-refractivity contribution in [1.82, 2.24) is 5.32 Å². The second-order valence-electron chi connectivity index (χ2n) is 4.96. The van der Waals surface area contributed by atoms with Gasteiger partial charge < -0.3 is 21.7 Å². The van der Waals surface area contributed by atoms with E-state index in [2.05, 4.69) is 5.32 Å². The summed E-state index contributed by atoms with van der Waals surface area (Å²) in [5.41, 5.74) is 12.7. The van der Waals surface area contributed by atoms with Gasteiger partial charge in [0, 0.05) is 19.3 Å². The first-order valence-electron chi connectivity index (χ1n) is 6.72. The predicted molar refractivity (Wildman–Crippen MR) is 78.4 cm³/mol. The summed E-state index contributed by atoms with van der Waals surface area (Å²) in [5.74, 6) is -0.578. The van der Waals surface area contributed by atoms with Crippen LogP contribution in [0.25, 0.3) is 0 Å². The number of primary amides is 1. The van der Waals surface area contributed by atoms with Crippen molar-refractivity contribution in [2.75, 3.05) is 24.2 Å². The second kappa shape index (κ2) is 5.81. The maximum absolute atomic E-state index is 12.0. The summed E-state index contributed by atoms with van der Waals surface area (Å²) in [6.45, 7) is 0.724. The van der Waals surface area contributed by atoms with E-state index < -0.39 is 5.91 Å². The quantitative estimate of drug-likeness (QED) is 0.698. The molecule has 6 nitrogen and oxygen atoms in total. The summed E-state index contributed by atoms with van der Waals surface area (Å²) in [6, 6.07) is 4.77. The first kappa shape index (κ1) is 14.2. The van der Waals surface area contributed by atoms with Crippen LogP contribution in [0.15, 0.2) is 18.2 Å². The number of amides is 2. The molecule has 1 aliphatic heterocycles. The third-order valence-corrected chi connectivity index (χ3v) is 3.65. The van der Waals surface area contributed by atoms with Gasteiger partial charge in [0.1, 0.15) is 6.04 Å². The van der Waals surface area contributed by atoms with Gasteiger partial charge in [-0.15, -0.1) is 0 Å². The largest absolute Gasteiger partial charge is 0.399 e. The zero-order valence-corrected chi connectivity index (χ0v) is 11.6. The number of carbonyl (C=O) groups excluding carboxylic acids is 2. The number of nitrogens with two attached hydrogens (primary N) is 2. The molecular weight excluding hydrogens is 256 g/mol. The van der Waals surface area contributed by atoms with Crippen molar-refractivity contribution in [3.8, 4) is 0 Å². The average Bonchev–Trinajstić information content (AvgIpc) is 2.46. The number of anilines is 2. The molecule has 1 atom stereocenters. The zero-order valence-electron chi connectivity index (χ0n) is 11.6. The van der Waals surface area contributed by atoms with Gasteiger partial charge in [0.05, 0.1) is 11.3 Å². The van der Waals surface area contributed by atoms with Gasteiger partial charge in [0.2, 0.25) is 5.91 Å². The highest BCUT2D eigenvalue weighted by Gasteiger charge is 2.30. The molecule has 0 aromatic heterocycles. The Morgan fingerprint density at radius 2 is 2.10 bits per heavy atom. The molecule has 2 rings (SSSR count). The number of likely N-dealkylation sites (N-methyl/N-ethyl adjacent to an activating group) is 1. The van der Waals surface area contributed by atoms with Crippen LogP contribution in [-0.4, -0.2) is 31.4 Å². The Bertz CT molecular complexity index is 530. The third kappa shape index (κ3) is 2.68. The topological polar surface area (TPSA) is 101 Å². The second-order valence-corrected chi connectivity index (χ2v) is 4.96. The lowest BCUT2D eigenvalue weighted by Gasteiger charge is -2.37. The molecule has 0 saturated carbocycles. The van der Waals surface area contributed by atoms with Crippen LogP contribution in [0, 0.1) is 0 Å². The van der Waals surface area contributed by atoms with E-state index in [4.69, 9.17) is 11.5 Å². The molecule has 0 aliphatic carbocycles. The molecule has 1 heterocycles. The number of nitrogens with one attached hydrogen (secondary N) is 1. The number of rotatable bonds is 3. The lowest BCUT2D eigenvalue weighted by Crippen LogP contribution is -2.49. The summed E-state index contributed by atoms with van der Waals surface area (Å²) < 4.78 is 0. The fourth-order valence-corrected chi connectivity index (χ4v) is 2.66. The minimum Gasteiger partial charge on any atom is -0.399 e. The van der Waals surface area contributed by atoms with Gasteiger partial charge in [0.25, 0.3) is 5.91 Å². The Morgan fingerprint density at radius 1 is 1.35 bits per heavy atom. The van der Waals surface area contributed by atoms with Crippen LogP contribution < -0.4 is 21.7 Å². The molecule has 0 spiro atoms. The van der Waals surface area contributed by atoms with Crippen molar-refractivity contribution < 1.29 is 9.59 Å². The minimum absolute atomic E-state index is 0.0445. The van der Waals surface area contributed by atoms with E-state index in [0.717, 1.165) is 25.8 Å². The number of benzene rings is 1. The number of piperidine rings is 1. The van der Waals surface area contributed by atoms with Crippen molar-refractivity contribution in [2.45, 2.75) is 25.3 Å². The van der Waals surface area contributed by atoms with E-state index in [1.54, 1.807) is 25.2 Å². The molecule has 1 unspecified atom stereocenters. The Morgan fingerprint density at radius 3 is 2.75 bits per heavy atom. The molecular formula is C14H20N4O2. The molecule has 1 fully saturated rings. The van der Waals surface area contributed by atoms with Crippen LogP contribution in [0.1, 0.15) is 29.6 Å². The molecule has 2 amide bonds. The van der Waals surface area contributed by atoms with E-state index in [1.165, 1.54) is 0 Å². The maximum Gasteiger partial charge on any atom is 0.250 e. The van der Waals surface area contributed by atoms with Crippen molar-refractivity contribution >= 4 is 23.2 Å². The van der Waals surface area contributed by atoms with Crippen LogP contribution in [0.5, 0.6) is 0 Å². The van der Waals surface area contributed by atoms with E-state index in [1.807, 2.05) is 4.90 Å². The highest BCUT2D eigenvalue weighted by molar-refractivity contribution is 6.00. The number of carbonyl (C=O) groups is 2. The Hall–Kier alpha value is -2.24. The smallest absolute Gasteiger partial charge is 0.250 e. The Balaban J connectivity index is 2.42. The van der Waals surface area contributed by atoms with Gasteiger partial charge in [-0.25, -0.2) is 0 Å². The van der Waals surface area contributed by atoms with Gasteiger partial charge in [-0.05, 0) is 37.5 Å². The average molecular weight is 276 g/mol. The van der Waals surface area contributed by atoms with Crippen LogP contribution in [0.3, 0.4) is 0 Å². The molecule has 1 saturated heterocycles. The summed E-state index contributed by atoms with van der Waals surface area (Å²) in [4.78, 5) is 25.6. The molecule has 20 heavy (non-hydrogen) atoms. The molecule has 1 aliphatic rings. The van der Waals surface area contributed by atoms with Gasteiger partial charge in [-0.3, -0.25) is 9.59 Å². The van der Waals surface area contributed by atoms with E-state index >= 15 is 0 Å². The Kier molecular flexibility index (Phi) is 4.12. The van der Waals surface area contributed by atoms with Crippen molar-refractivity contribution in [2.24, 2.45) is 5.73 Å². The molecule has 1 aromatic carbocycles. The predicted octanol–water partition coefficient (Wildman–Crippen LogP) is 0.473. The first-order chi connectivity index (χ1) is 9.54. The third-order valence-electron chi connectivity index (χ3n) is 3.65. The van der Waals surface area contributed by atoms with E-state index in [0.29, 0.717) is 16.9 Å². The highest BCUT2D eigenvalue weighted by Crippen LogP contribution is 2.29. The van der Waals surface area contributed by atoms with E-state index in [-0.39, 0.29) is 11.9 Å². The van der Waals surface area contributed by atoms with Crippen LogP contribution >= 0.6 is 0 Å². The van der Waals surface area contributed by atoms with Gasteiger partial charge >= 0.3 is 0 Å². The Labute approximate surface area is 118 Å². The van der Waals surface area contributed by atoms with Crippen molar-refractivity contribution in [3.63, 3.8) is 0 Å². The fourth-order valence-electron chi connectivity index (χ4n) is 2.66. The zero-order chi connectivity index (χ0) is 14.7. The number of hydrogen-bond acceptors (Lipinski definition) is 4. The standard InChI is InChI=1S/C14H20N4O2/c1-17-14(20)12-4-2-3-7-18(12)11-6-5-9(15)8-10(11)13(16)19/h5-6,8,12H,2-4,7,15H2,1H3,(H2,16,19)(H,17,20). The lowest BCUT2D eigenvalue weighted by atomic mass is 9.98. The number of nitrogens with zero attached hydrogens (tertiary/aromatic N) is 1. The molecule has 108 valence electrons. The highest BCUT2D eigenvalue weighted by atomic mass is 16.2. The summed E-state index contributed by atoms with van der Waals surface area (Å²) >= 11 is 0. The van der Waals surface area contributed by atoms with Crippen LogP contribution in [0.4, 0.5) is 11.4 Å². The van der Waals surface area contributed by atoms with Crippen LogP contribution in [-0.2, 0) is 4.79 Å². The van der Waals surface area contributed by atoms with Crippen LogP contribution in [0.2, 0.25) is 0 Å². The summed E-state index contributed by atoms with van der Waals surface area (Å²) in [6.07, 6.45) is 2.74. The summed E-state index contributed by atoms with van der Waals surface area (Å²) in [7, 11) is 1.62. The van der Waals surface area contributed by atoms with E-state index in [9.17, 15) is 9.59 Å². The maximum atomic E-state index is 12.0. The number of hydrogen-bond donors (Lipinski definition) is 3. The SMILES string of the molecule is CNC(=O)C1CCCCN1c1ccc(N)cc1C(N)=O. The normalized spacial score (nSPS) is 18.6. The molecule has 0 bridgehead atoms. The van der Waals surface area contributed by atoms with Crippen molar-refractivity contribution in [1.29, 1.82) is 0 Å². The van der Waals surface area contributed by atoms with Gasteiger partial charge in [0.15, 0.2) is 0 Å². The number of nitrogen functional groups attached to an aromatic ring is 1. The molecule has 6 heteroatoms. The summed E-state index contributed by atoms with van der Waals surface area (Å²) in [5, 5.41) is 2.67. The van der Waals surface area contributed by atoms with Gasteiger partial charge in [-0.2, -0.15) is 0 Å². The lowest BCUT2D eigenvalue weighted by molar-refractivity contribution is -0.122. The monoisotopic (exact) mass is 276 g/mol. The van der Waals surface area contributed by atoms with Crippen molar-refractivity contribution in [3.05, 3.63) is 23.8 Å². The fraction of sp³-hybridized carbons (Fsp3) is 0.429. The van der Waals surface area contributed by atoms with Gasteiger partial charge in [-0.1, -0.05) is 0 Å².